The van der Waals surface area contributed by atoms with Gasteiger partial charge in [0, 0.05) is 5.57 Å². The van der Waals surface area contributed by atoms with Crippen molar-refractivity contribution in [3.8, 4) is 0 Å². The second-order valence-electron chi connectivity index (χ2n) is 5.39. The molecular formula is C18H22N2O2. The highest BCUT2D eigenvalue weighted by Gasteiger charge is 2.33. The first-order valence-electron chi connectivity index (χ1n) is 7.31. The Morgan fingerprint density at radius 1 is 1.09 bits per heavy atom. The van der Waals surface area contributed by atoms with Gasteiger partial charge in [-0.05, 0) is 11.5 Å². The molecule has 1 heterocycles. The summed E-state index contributed by atoms with van der Waals surface area (Å²) in [5.41, 5.74) is 4.81. The lowest BCUT2D eigenvalue weighted by Crippen LogP contribution is -2.37. The molecule has 0 radical (unpaired) electrons. The molecule has 116 valence electrons. The minimum absolute atomic E-state index is 0.127. The van der Waals surface area contributed by atoms with Crippen molar-refractivity contribution in [3.63, 3.8) is 0 Å². The molecule has 0 fully saturated rings. The first-order chi connectivity index (χ1) is 10.6. The van der Waals surface area contributed by atoms with Gasteiger partial charge in [0.05, 0.1) is 14.2 Å². The molecule has 1 aliphatic heterocycles. The van der Waals surface area contributed by atoms with Gasteiger partial charge in [0.2, 0.25) is 11.8 Å². The molecule has 0 spiro atoms. The van der Waals surface area contributed by atoms with Crippen LogP contribution >= 0.6 is 0 Å². The van der Waals surface area contributed by atoms with Gasteiger partial charge < -0.3 is 9.47 Å². The molecule has 4 nitrogen and oxygen atoms in total. The summed E-state index contributed by atoms with van der Waals surface area (Å²) < 4.78 is 10.9. The molecule has 0 saturated carbocycles. The van der Waals surface area contributed by atoms with Gasteiger partial charge in [-0.1, -0.05) is 50.8 Å². The first kappa shape index (κ1) is 16.1. The number of rotatable bonds is 3. The smallest absolute Gasteiger partial charge is 0.214 e. The Morgan fingerprint density at radius 2 is 1.73 bits per heavy atom. The van der Waals surface area contributed by atoms with Crippen LogP contribution in [0, 0.1) is 5.92 Å². The maximum absolute atomic E-state index is 5.48. The molecule has 1 aromatic rings. The number of methoxy groups -OCH3 is 2. The van der Waals surface area contributed by atoms with Crippen LogP contribution in [0.4, 0.5) is 0 Å². The summed E-state index contributed by atoms with van der Waals surface area (Å²) in [6.45, 7) is 7.97. The van der Waals surface area contributed by atoms with Crippen molar-refractivity contribution in [1.29, 1.82) is 0 Å². The Balaban J connectivity index is 2.47. The van der Waals surface area contributed by atoms with E-state index in [2.05, 4.69) is 31.2 Å². The van der Waals surface area contributed by atoms with Gasteiger partial charge >= 0.3 is 0 Å². The van der Waals surface area contributed by atoms with Crippen LogP contribution in [0.5, 0.6) is 0 Å². The molecule has 0 amide bonds. The second-order valence-corrected chi connectivity index (χ2v) is 5.39. The van der Waals surface area contributed by atoms with E-state index >= 15 is 0 Å². The van der Waals surface area contributed by atoms with Crippen molar-refractivity contribution in [3.05, 3.63) is 48.2 Å². The number of nitrogens with zero attached hydrogens (tertiary/aromatic N) is 2. The molecule has 1 aliphatic rings. The largest absolute Gasteiger partial charge is 0.483 e. The minimum Gasteiger partial charge on any atom is -0.483 e. The molecule has 0 bridgehead atoms. The van der Waals surface area contributed by atoms with Gasteiger partial charge in [0.1, 0.15) is 6.04 Å². The molecule has 0 saturated heterocycles. The molecule has 4 heteroatoms. The van der Waals surface area contributed by atoms with E-state index in [0.717, 1.165) is 11.1 Å². The quantitative estimate of drug-likeness (QED) is 0.803. The molecule has 0 aromatic heterocycles. The lowest BCUT2D eigenvalue weighted by Gasteiger charge is -2.27. The summed E-state index contributed by atoms with van der Waals surface area (Å²) in [6, 6.07) is 9.39. The van der Waals surface area contributed by atoms with Crippen LogP contribution in [-0.4, -0.2) is 38.1 Å². The fourth-order valence-corrected chi connectivity index (χ4v) is 2.46. The van der Waals surface area contributed by atoms with E-state index in [1.807, 2.05) is 30.3 Å². The fraction of sp³-hybridized carbons (Fsp3) is 0.389. The molecule has 1 aromatic carbocycles. The molecule has 2 rings (SSSR count). The van der Waals surface area contributed by atoms with E-state index in [-0.39, 0.29) is 18.0 Å². The Labute approximate surface area is 131 Å². The zero-order valence-electron chi connectivity index (χ0n) is 13.5. The third kappa shape index (κ3) is 3.12. The zero-order valence-corrected chi connectivity index (χ0v) is 13.5. The van der Waals surface area contributed by atoms with Crippen molar-refractivity contribution in [2.75, 3.05) is 14.2 Å². The number of aliphatic imine (C=N–C) groups is 2. The molecule has 0 N–H and O–H groups in total. The van der Waals surface area contributed by atoms with Crippen molar-refractivity contribution < 1.29 is 9.47 Å². The highest BCUT2D eigenvalue weighted by molar-refractivity contribution is 6.02. The lowest BCUT2D eigenvalue weighted by molar-refractivity contribution is 0.339. The highest BCUT2D eigenvalue weighted by atomic mass is 16.5. The molecule has 22 heavy (non-hydrogen) atoms. The Kier molecular flexibility index (Phi) is 5.18. The van der Waals surface area contributed by atoms with Crippen molar-refractivity contribution in [2.24, 2.45) is 15.9 Å². The number of ether oxygens (including phenoxy) is 2. The summed E-state index contributed by atoms with van der Waals surface area (Å²) in [6.07, 6.45) is 0. The van der Waals surface area contributed by atoms with Gasteiger partial charge in [-0.15, -0.1) is 5.73 Å². The average Bonchev–Trinajstić information content (AvgIpc) is 2.55. The molecular weight excluding hydrogens is 276 g/mol. The van der Waals surface area contributed by atoms with Crippen molar-refractivity contribution >= 4 is 17.4 Å². The number of hydrogen-bond acceptors (Lipinski definition) is 4. The summed E-state index contributed by atoms with van der Waals surface area (Å²) >= 11 is 0. The SMILES string of the molecule is C=C=C(c1ccccc1)[C@H]1N=C(OC)[C@H](C(C)C)N=C1OC. The topological polar surface area (TPSA) is 43.2 Å². The monoisotopic (exact) mass is 298 g/mol. The number of benzene rings is 1. The van der Waals surface area contributed by atoms with Crippen LogP contribution in [0.1, 0.15) is 19.4 Å². The van der Waals surface area contributed by atoms with E-state index in [1.165, 1.54) is 0 Å². The third-order valence-electron chi connectivity index (χ3n) is 3.61. The van der Waals surface area contributed by atoms with Gasteiger partial charge in [-0.25, -0.2) is 9.98 Å². The third-order valence-corrected chi connectivity index (χ3v) is 3.61. The van der Waals surface area contributed by atoms with Gasteiger partial charge in [-0.2, -0.15) is 0 Å². The van der Waals surface area contributed by atoms with Crippen LogP contribution in [-0.2, 0) is 9.47 Å². The van der Waals surface area contributed by atoms with Crippen LogP contribution < -0.4 is 0 Å². The predicted octanol–water partition coefficient (Wildman–Crippen LogP) is 3.35. The van der Waals surface area contributed by atoms with Crippen molar-refractivity contribution in [1.82, 2.24) is 0 Å². The number of hydrogen-bond donors (Lipinski definition) is 0. The second kappa shape index (κ2) is 7.10. The molecule has 2 atom stereocenters. The predicted molar refractivity (Wildman–Crippen MR) is 90.3 cm³/mol. The minimum atomic E-state index is -0.380. The Morgan fingerprint density at radius 3 is 2.23 bits per heavy atom. The van der Waals surface area contributed by atoms with Crippen LogP contribution in [0.15, 0.2) is 52.6 Å². The summed E-state index contributed by atoms with van der Waals surface area (Å²) in [4.78, 5) is 9.38. The fourth-order valence-electron chi connectivity index (χ4n) is 2.46. The Hall–Kier alpha value is -2.32. The van der Waals surface area contributed by atoms with Crippen LogP contribution in [0.25, 0.3) is 5.57 Å². The maximum Gasteiger partial charge on any atom is 0.214 e. The standard InChI is InChI=1S/C18H22N2O2/c1-6-14(13-10-8-7-9-11-13)16-18(22-5)19-15(12(2)3)17(20-16)21-4/h7-12,15-16H,1H2,2-5H3/t15-,16+/m0/s1. The summed E-state index contributed by atoms with van der Waals surface area (Å²) in [5.74, 6) is 1.46. The van der Waals surface area contributed by atoms with E-state index in [0.29, 0.717) is 11.8 Å². The lowest BCUT2D eigenvalue weighted by atomic mass is 9.96. The normalized spacial score (nSPS) is 20.8. The van der Waals surface area contributed by atoms with E-state index < -0.39 is 0 Å². The Bertz CT molecular complexity index is 626. The maximum atomic E-state index is 5.48. The highest BCUT2D eigenvalue weighted by Crippen LogP contribution is 2.26. The van der Waals surface area contributed by atoms with Gasteiger partial charge in [0.15, 0.2) is 6.04 Å². The van der Waals surface area contributed by atoms with E-state index in [9.17, 15) is 0 Å². The molecule has 0 unspecified atom stereocenters. The van der Waals surface area contributed by atoms with Crippen molar-refractivity contribution in [2.45, 2.75) is 25.9 Å². The zero-order chi connectivity index (χ0) is 16.1. The van der Waals surface area contributed by atoms with Gasteiger partial charge in [0.25, 0.3) is 0 Å². The molecule has 0 aliphatic carbocycles. The van der Waals surface area contributed by atoms with Crippen LogP contribution in [0.2, 0.25) is 0 Å². The van der Waals surface area contributed by atoms with E-state index in [4.69, 9.17) is 14.5 Å². The average molecular weight is 298 g/mol. The summed E-state index contributed by atoms with van der Waals surface area (Å²) in [7, 11) is 3.24. The first-order valence-corrected chi connectivity index (χ1v) is 7.31. The van der Waals surface area contributed by atoms with E-state index in [1.54, 1.807) is 14.2 Å². The summed E-state index contributed by atoms with van der Waals surface area (Å²) in [5, 5.41) is 0. The van der Waals surface area contributed by atoms with Crippen LogP contribution in [0.3, 0.4) is 0 Å². The van der Waals surface area contributed by atoms with Gasteiger partial charge in [-0.3, -0.25) is 0 Å².